The molecule has 2 aromatic rings. The predicted octanol–water partition coefficient (Wildman–Crippen LogP) is 2.57. The van der Waals surface area contributed by atoms with Crippen LogP contribution in [0.3, 0.4) is 0 Å². The van der Waals surface area contributed by atoms with Crippen LogP contribution in [-0.2, 0) is 0 Å². The molecule has 0 amide bonds. The van der Waals surface area contributed by atoms with Gasteiger partial charge in [0.05, 0.1) is 11.1 Å². The summed E-state index contributed by atoms with van der Waals surface area (Å²) >= 11 is 0. The smallest absolute Gasteiger partial charge is 0.247 e. The molecule has 0 fully saturated rings. The highest BCUT2D eigenvalue weighted by Crippen LogP contribution is 2.30. The van der Waals surface area contributed by atoms with Crippen LogP contribution in [0.5, 0.6) is 0 Å². The van der Waals surface area contributed by atoms with E-state index < -0.39 is 0 Å². The molecule has 3 rings (SSSR count). The Morgan fingerprint density at radius 2 is 1.94 bits per heavy atom. The van der Waals surface area contributed by atoms with Crippen molar-refractivity contribution in [2.75, 3.05) is 0 Å². The minimum absolute atomic E-state index is 0.120. The summed E-state index contributed by atoms with van der Waals surface area (Å²) in [5.74, 6) is 0.395. The van der Waals surface area contributed by atoms with Crippen molar-refractivity contribution >= 4 is 11.6 Å². The lowest BCUT2D eigenvalue weighted by molar-refractivity contribution is 0.0955. The molecule has 0 aromatic carbocycles. The highest BCUT2D eigenvalue weighted by molar-refractivity contribution is 6.26. The first-order valence-corrected chi connectivity index (χ1v) is 5.77. The third-order valence-corrected chi connectivity index (χ3v) is 3.04. The number of pyridine rings is 1. The minimum atomic E-state index is -0.313. The van der Waals surface area contributed by atoms with Crippen molar-refractivity contribution in [3.8, 4) is 0 Å². The third-order valence-electron chi connectivity index (χ3n) is 3.04. The lowest BCUT2D eigenvalue weighted by Gasteiger charge is -2.10. The van der Waals surface area contributed by atoms with Gasteiger partial charge in [0.1, 0.15) is 11.5 Å². The van der Waals surface area contributed by atoms with Crippen molar-refractivity contribution in [3.63, 3.8) is 0 Å². The van der Waals surface area contributed by atoms with Crippen LogP contribution in [0.25, 0.3) is 0 Å². The highest BCUT2D eigenvalue weighted by Gasteiger charge is 2.34. The van der Waals surface area contributed by atoms with Gasteiger partial charge in [-0.25, -0.2) is 0 Å². The summed E-state index contributed by atoms with van der Waals surface area (Å²) in [6.45, 7) is 3.90. The first kappa shape index (κ1) is 10.9. The van der Waals surface area contributed by atoms with E-state index in [2.05, 4.69) is 4.98 Å². The van der Waals surface area contributed by atoms with Crippen LogP contribution < -0.4 is 0 Å². The molecule has 0 aliphatic heterocycles. The van der Waals surface area contributed by atoms with Crippen LogP contribution in [0.4, 0.5) is 0 Å². The molecule has 4 heteroatoms. The monoisotopic (exact) mass is 241 g/mol. The first-order chi connectivity index (χ1) is 8.59. The second-order valence-corrected chi connectivity index (χ2v) is 4.60. The molecule has 90 valence electrons. The Balaban J connectivity index is 2.24. The SMILES string of the molecule is CC(C)c1cc2c(o1)C(=O)c1ncccc1C2=O. The Morgan fingerprint density at radius 3 is 2.67 bits per heavy atom. The maximum Gasteiger partial charge on any atom is 0.247 e. The Labute approximate surface area is 104 Å². The lowest BCUT2D eigenvalue weighted by Crippen LogP contribution is -2.20. The average molecular weight is 241 g/mol. The van der Waals surface area contributed by atoms with Gasteiger partial charge in [0, 0.05) is 12.1 Å². The Kier molecular flexibility index (Phi) is 2.20. The number of furan rings is 1. The zero-order valence-corrected chi connectivity index (χ0v) is 10.1. The molecular formula is C14H11NO3. The van der Waals surface area contributed by atoms with Gasteiger partial charge in [-0.15, -0.1) is 0 Å². The van der Waals surface area contributed by atoms with Gasteiger partial charge in [-0.1, -0.05) is 13.8 Å². The molecule has 1 aliphatic rings. The van der Waals surface area contributed by atoms with Crippen molar-refractivity contribution in [1.82, 2.24) is 4.98 Å². The van der Waals surface area contributed by atoms with E-state index in [4.69, 9.17) is 4.42 Å². The van der Waals surface area contributed by atoms with Gasteiger partial charge in [-0.2, -0.15) is 0 Å². The molecule has 2 aromatic heterocycles. The van der Waals surface area contributed by atoms with Crippen molar-refractivity contribution in [2.45, 2.75) is 19.8 Å². The molecule has 0 saturated carbocycles. The van der Waals surface area contributed by atoms with E-state index in [1.807, 2.05) is 13.8 Å². The Bertz CT molecular complexity index is 615. The van der Waals surface area contributed by atoms with Gasteiger partial charge in [0.15, 0.2) is 11.5 Å². The summed E-state index contributed by atoms with van der Waals surface area (Å²) in [4.78, 5) is 28.4. The van der Waals surface area contributed by atoms with Gasteiger partial charge in [-0.05, 0) is 18.2 Å². The molecule has 0 saturated heterocycles. The van der Waals surface area contributed by atoms with Gasteiger partial charge in [0.2, 0.25) is 5.78 Å². The van der Waals surface area contributed by atoms with E-state index >= 15 is 0 Å². The number of hydrogen-bond acceptors (Lipinski definition) is 4. The maximum atomic E-state index is 12.2. The maximum absolute atomic E-state index is 12.2. The van der Waals surface area contributed by atoms with Crippen LogP contribution in [-0.4, -0.2) is 16.6 Å². The molecular weight excluding hydrogens is 230 g/mol. The predicted molar refractivity (Wildman–Crippen MR) is 63.9 cm³/mol. The second-order valence-electron chi connectivity index (χ2n) is 4.60. The second kappa shape index (κ2) is 3.63. The Hall–Kier alpha value is -2.23. The number of carbonyl (C=O) groups is 2. The van der Waals surface area contributed by atoms with Crippen LogP contribution in [0.1, 0.15) is 57.7 Å². The summed E-state index contributed by atoms with van der Waals surface area (Å²) < 4.78 is 5.50. The summed E-state index contributed by atoms with van der Waals surface area (Å²) in [5, 5.41) is 0. The molecule has 0 atom stereocenters. The number of carbonyl (C=O) groups excluding carboxylic acids is 2. The average Bonchev–Trinajstić information content (AvgIpc) is 2.81. The van der Waals surface area contributed by atoms with Crippen LogP contribution >= 0.6 is 0 Å². The quantitative estimate of drug-likeness (QED) is 0.657. The molecule has 0 bridgehead atoms. The van der Waals surface area contributed by atoms with Crippen molar-refractivity contribution in [3.05, 3.63) is 52.7 Å². The number of hydrogen-bond donors (Lipinski definition) is 0. The summed E-state index contributed by atoms with van der Waals surface area (Å²) in [6.07, 6.45) is 1.50. The molecule has 18 heavy (non-hydrogen) atoms. The largest absolute Gasteiger partial charge is 0.456 e. The molecule has 0 unspecified atom stereocenters. The third kappa shape index (κ3) is 1.35. The first-order valence-electron chi connectivity index (χ1n) is 5.77. The van der Waals surface area contributed by atoms with Crippen molar-refractivity contribution in [1.29, 1.82) is 0 Å². The number of aromatic nitrogens is 1. The number of nitrogens with zero attached hydrogens (tertiary/aromatic N) is 1. The zero-order valence-electron chi connectivity index (χ0n) is 10.1. The summed E-state index contributed by atoms with van der Waals surface area (Å²) in [5.41, 5.74) is 0.884. The van der Waals surface area contributed by atoms with E-state index in [-0.39, 0.29) is 28.9 Å². The molecule has 1 aliphatic carbocycles. The standard InChI is InChI=1S/C14H11NO3/c1-7(2)10-6-9-12(16)8-4-3-5-15-11(8)13(17)14(9)18-10/h3-7H,1-2H3. The molecule has 0 radical (unpaired) electrons. The topological polar surface area (TPSA) is 60.2 Å². The lowest BCUT2D eigenvalue weighted by atomic mass is 9.92. The number of fused-ring (bicyclic) bond motifs is 2. The van der Waals surface area contributed by atoms with E-state index in [0.29, 0.717) is 16.9 Å². The number of ketones is 2. The van der Waals surface area contributed by atoms with E-state index in [0.717, 1.165) is 0 Å². The number of rotatable bonds is 1. The van der Waals surface area contributed by atoms with E-state index in [9.17, 15) is 9.59 Å². The fourth-order valence-electron chi connectivity index (χ4n) is 2.05. The molecule has 0 N–H and O–H groups in total. The van der Waals surface area contributed by atoms with Gasteiger partial charge in [0.25, 0.3) is 0 Å². The zero-order chi connectivity index (χ0) is 12.9. The summed E-state index contributed by atoms with van der Waals surface area (Å²) in [6, 6.07) is 4.93. The van der Waals surface area contributed by atoms with E-state index in [1.165, 1.54) is 6.20 Å². The van der Waals surface area contributed by atoms with Gasteiger partial charge < -0.3 is 4.42 Å². The summed E-state index contributed by atoms with van der Waals surface area (Å²) in [7, 11) is 0. The van der Waals surface area contributed by atoms with Crippen LogP contribution in [0, 0.1) is 0 Å². The normalized spacial score (nSPS) is 13.7. The van der Waals surface area contributed by atoms with Crippen molar-refractivity contribution < 1.29 is 14.0 Å². The molecule has 0 spiro atoms. The van der Waals surface area contributed by atoms with Gasteiger partial charge in [-0.3, -0.25) is 14.6 Å². The fourth-order valence-corrected chi connectivity index (χ4v) is 2.05. The highest BCUT2D eigenvalue weighted by atomic mass is 16.4. The Morgan fingerprint density at radius 1 is 1.17 bits per heavy atom. The fraction of sp³-hybridized carbons (Fsp3) is 0.214. The minimum Gasteiger partial charge on any atom is -0.456 e. The molecule has 4 nitrogen and oxygen atoms in total. The van der Waals surface area contributed by atoms with Gasteiger partial charge >= 0.3 is 0 Å². The van der Waals surface area contributed by atoms with Crippen LogP contribution in [0.15, 0.2) is 28.8 Å². The van der Waals surface area contributed by atoms with Crippen LogP contribution in [0.2, 0.25) is 0 Å². The van der Waals surface area contributed by atoms with Crippen molar-refractivity contribution in [2.24, 2.45) is 0 Å². The molecule has 2 heterocycles. The van der Waals surface area contributed by atoms with E-state index in [1.54, 1.807) is 18.2 Å².